The summed E-state index contributed by atoms with van der Waals surface area (Å²) >= 11 is 0. The Morgan fingerprint density at radius 1 is 1.36 bits per heavy atom. The molecule has 1 N–H and O–H groups in total. The Morgan fingerprint density at radius 3 is 2.57 bits per heavy atom. The van der Waals surface area contributed by atoms with E-state index in [-0.39, 0.29) is 0 Å². The van der Waals surface area contributed by atoms with Gasteiger partial charge in [-0.15, -0.1) is 0 Å². The molecule has 1 saturated heterocycles. The first kappa shape index (κ1) is 12.0. The SMILES string of the molecule is CC(CCN(C)C)NC1CC[N]CC1. The Labute approximate surface area is 88.2 Å². The van der Waals surface area contributed by atoms with Crippen molar-refractivity contribution in [3.05, 3.63) is 0 Å². The predicted octanol–water partition coefficient (Wildman–Crippen LogP) is 0.683. The minimum atomic E-state index is 0.639. The fraction of sp³-hybridized carbons (Fsp3) is 1.00. The molecule has 1 aliphatic heterocycles. The summed E-state index contributed by atoms with van der Waals surface area (Å²) in [6.07, 6.45) is 3.69. The highest BCUT2D eigenvalue weighted by Gasteiger charge is 2.15. The molecule has 14 heavy (non-hydrogen) atoms. The number of hydrogen-bond donors (Lipinski definition) is 1. The zero-order valence-electron chi connectivity index (χ0n) is 9.79. The first-order chi connectivity index (χ1) is 6.68. The average Bonchev–Trinajstić information content (AvgIpc) is 2.16. The van der Waals surface area contributed by atoms with Crippen molar-refractivity contribution in [1.29, 1.82) is 0 Å². The topological polar surface area (TPSA) is 29.4 Å². The highest BCUT2D eigenvalue weighted by molar-refractivity contribution is 4.77. The van der Waals surface area contributed by atoms with Crippen LogP contribution in [0.25, 0.3) is 0 Å². The van der Waals surface area contributed by atoms with Crippen LogP contribution in [0.2, 0.25) is 0 Å². The Hall–Kier alpha value is -0.120. The van der Waals surface area contributed by atoms with E-state index in [2.05, 4.69) is 36.6 Å². The third-order valence-electron chi connectivity index (χ3n) is 2.80. The van der Waals surface area contributed by atoms with Gasteiger partial charge in [-0.2, -0.15) is 0 Å². The molecule has 0 aromatic heterocycles. The minimum absolute atomic E-state index is 0.639. The second kappa shape index (κ2) is 6.38. The standard InChI is InChI=1S/C11H24N3/c1-10(6-9-14(2)3)13-11-4-7-12-8-5-11/h10-11,13H,4-9H2,1-3H3. The van der Waals surface area contributed by atoms with E-state index in [9.17, 15) is 0 Å². The van der Waals surface area contributed by atoms with E-state index in [1.807, 2.05) is 0 Å². The molecule has 0 aliphatic carbocycles. The normalized spacial score (nSPS) is 21.4. The van der Waals surface area contributed by atoms with Crippen LogP contribution in [0.1, 0.15) is 26.2 Å². The van der Waals surface area contributed by atoms with Gasteiger partial charge in [-0.3, -0.25) is 0 Å². The van der Waals surface area contributed by atoms with Gasteiger partial charge in [-0.25, -0.2) is 5.32 Å². The van der Waals surface area contributed by atoms with Crippen LogP contribution in [0.3, 0.4) is 0 Å². The van der Waals surface area contributed by atoms with Crippen LogP contribution in [0, 0.1) is 0 Å². The third-order valence-corrected chi connectivity index (χ3v) is 2.80. The van der Waals surface area contributed by atoms with Gasteiger partial charge in [0.1, 0.15) is 0 Å². The van der Waals surface area contributed by atoms with Crippen LogP contribution in [0.4, 0.5) is 0 Å². The molecule has 0 bridgehead atoms. The molecule has 0 aromatic carbocycles. The number of rotatable bonds is 5. The molecule has 0 saturated carbocycles. The number of hydrogen-bond acceptors (Lipinski definition) is 2. The van der Waals surface area contributed by atoms with E-state index in [0.717, 1.165) is 13.1 Å². The van der Waals surface area contributed by atoms with E-state index >= 15 is 0 Å². The fourth-order valence-corrected chi connectivity index (χ4v) is 1.85. The van der Waals surface area contributed by atoms with Gasteiger partial charge in [0, 0.05) is 25.2 Å². The second-order valence-corrected chi connectivity index (χ2v) is 4.60. The first-order valence-electron chi connectivity index (χ1n) is 5.72. The number of piperidine rings is 1. The lowest BCUT2D eigenvalue weighted by Gasteiger charge is -2.27. The molecule has 83 valence electrons. The summed E-state index contributed by atoms with van der Waals surface area (Å²) in [6, 6.07) is 1.35. The van der Waals surface area contributed by atoms with Crippen molar-refractivity contribution in [2.75, 3.05) is 33.7 Å². The Bertz CT molecular complexity index is 141. The summed E-state index contributed by atoms with van der Waals surface area (Å²) in [5, 5.41) is 8.05. The molecule has 0 aromatic rings. The van der Waals surface area contributed by atoms with Gasteiger partial charge in [0.25, 0.3) is 0 Å². The van der Waals surface area contributed by atoms with Crippen LogP contribution >= 0.6 is 0 Å². The van der Waals surface area contributed by atoms with Gasteiger partial charge < -0.3 is 10.2 Å². The zero-order valence-corrected chi connectivity index (χ0v) is 9.79. The molecule has 1 unspecified atom stereocenters. The maximum Gasteiger partial charge on any atom is 0.0148 e. The van der Waals surface area contributed by atoms with Crippen LogP contribution in [-0.2, 0) is 0 Å². The van der Waals surface area contributed by atoms with Gasteiger partial charge in [0.05, 0.1) is 0 Å². The van der Waals surface area contributed by atoms with Crippen molar-refractivity contribution < 1.29 is 0 Å². The molecule has 3 heteroatoms. The Balaban J connectivity index is 2.09. The molecule has 0 amide bonds. The lowest BCUT2D eigenvalue weighted by molar-refractivity contribution is 0.316. The second-order valence-electron chi connectivity index (χ2n) is 4.60. The summed E-state index contributed by atoms with van der Waals surface area (Å²) < 4.78 is 0. The predicted molar refractivity (Wildman–Crippen MR) is 60.7 cm³/mol. The van der Waals surface area contributed by atoms with Gasteiger partial charge in [-0.1, -0.05) is 0 Å². The van der Waals surface area contributed by atoms with Crippen LogP contribution in [0.15, 0.2) is 0 Å². The molecule has 1 fully saturated rings. The minimum Gasteiger partial charge on any atom is -0.311 e. The first-order valence-corrected chi connectivity index (χ1v) is 5.72. The molecular formula is C11H24N3. The number of nitrogens with one attached hydrogen (secondary N) is 1. The molecule has 1 rings (SSSR count). The van der Waals surface area contributed by atoms with E-state index in [1.54, 1.807) is 0 Å². The molecule has 0 spiro atoms. The molecule has 3 nitrogen and oxygen atoms in total. The highest BCUT2D eigenvalue weighted by Crippen LogP contribution is 2.05. The average molecular weight is 198 g/mol. The van der Waals surface area contributed by atoms with Gasteiger partial charge in [0.15, 0.2) is 0 Å². The van der Waals surface area contributed by atoms with Crippen LogP contribution in [-0.4, -0.2) is 50.7 Å². The molecule has 1 atom stereocenters. The smallest absolute Gasteiger partial charge is 0.0148 e. The molecular weight excluding hydrogens is 174 g/mol. The van der Waals surface area contributed by atoms with Crippen molar-refractivity contribution in [2.45, 2.75) is 38.3 Å². The van der Waals surface area contributed by atoms with Crippen molar-refractivity contribution in [3.63, 3.8) is 0 Å². The van der Waals surface area contributed by atoms with Crippen LogP contribution in [0.5, 0.6) is 0 Å². The summed E-state index contributed by atoms with van der Waals surface area (Å²) in [7, 11) is 4.26. The Kier molecular flexibility index (Phi) is 5.45. The monoisotopic (exact) mass is 198 g/mol. The molecule has 1 aliphatic rings. The van der Waals surface area contributed by atoms with E-state index in [4.69, 9.17) is 0 Å². The van der Waals surface area contributed by atoms with Crippen molar-refractivity contribution in [1.82, 2.24) is 15.5 Å². The van der Waals surface area contributed by atoms with Crippen molar-refractivity contribution in [2.24, 2.45) is 0 Å². The van der Waals surface area contributed by atoms with Crippen molar-refractivity contribution in [3.8, 4) is 0 Å². The number of nitrogens with zero attached hydrogens (tertiary/aromatic N) is 2. The van der Waals surface area contributed by atoms with E-state index in [0.29, 0.717) is 12.1 Å². The Morgan fingerprint density at radius 2 is 2.00 bits per heavy atom. The van der Waals surface area contributed by atoms with Crippen LogP contribution < -0.4 is 10.6 Å². The summed E-state index contributed by atoms with van der Waals surface area (Å²) in [4.78, 5) is 2.24. The third kappa shape index (κ3) is 4.94. The lowest BCUT2D eigenvalue weighted by Crippen LogP contribution is -2.42. The maximum atomic E-state index is 4.36. The quantitative estimate of drug-likeness (QED) is 0.704. The molecule has 1 heterocycles. The van der Waals surface area contributed by atoms with E-state index < -0.39 is 0 Å². The fourth-order valence-electron chi connectivity index (χ4n) is 1.85. The lowest BCUT2D eigenvalue weighted by atomic mass is 10.1. The highest BCUT2D eigenvalue weighted by atomic mass is 15.1. The maximum absolute atomic E-state index is 4.36. The van der Waals surface area contributed by atoms with Crippen molar-refractivity contribution >= 4 is 0 Å². The van der Waals surface area contributed by atoms with Gasteiger partial charge in [0.2, 0.25) is 0 Å². The summed E-state index contributed by atoms with van der Waals surface area (Å²) in [5.41, 5.74) is 0. The summed E-state index contributed by atoms with van der Waals surface area (Å²) in [6.45, 7) is 5.57. The van der Waals surface area contributed by atoms with Gasteiger partial charge >= 0.3 is 0 Å². The largest absolute Gasteiger partial charge is 0.311 e. The summed E-state index contributed by atoms with van der Waals surface area (Å²) in [5.74, 6) is 0. The zero-order chi connectivity index (χ0) is 10.4. The molecule has 1 radical (unpaired) electrons. The van der Waals surface area contributed by atoms with Gasteiger partial charge in [-0.05, 0) is 46.8 Å². The van der Waals surface area contributed by atoms with E-state index in [1.165, 1.54) is 25.8 Å².